The normalized spacial score (nSPS) is 27.8. The van der Waals surface area contributed by atoms with Crippen molar-refractivity contribution in [1.29, 1.82) is 0 Å². The Kier molecular flexibility index (Phi) is 2.34. The topological polar surface area (TPSA) is 26.0 Å². The second-order valence-corrected chi connectivity index (χ2v) is 5.15. The fraction of sp³-hybridized carbons (Fsp3) is 0.538. The summed E-state index contributed by atoms with van der Waals surface area (Å²) < 4.78 is 13.4. The Bertz CT molecular complexity index is 384. The van der Waals surface area contributed by atoms with Crippen molar-refractivity contribution in [1.82, 2.24) is 0 Å². The van der Waals surface area contributed by atoms with Crippen LogP contribution in [0.3, 0.4) is 0 Å². The molecule has 2 heteroatoms. The summed E-state index contributed by atoms with van der Waals surface area (Å²) in [6.07, 6.45) is 0. The molecule has 15 heavy (non-hydrogen) atoms. The summed E-state index contributed by atoms with van der Waals surface area (Å²) in [6.45, 7) is 6.88. The van der Waals surface area contributed by atoms with Gasteiger partial charge in [-0.05, 0) is 47.9 Å². The largest absolute Gasteiger partial charge is 0.330 e. The van der Waals surface area contributed by atoms with Crippen molar-refractivity contribution in [2.45, 2.75) is 26.7 Å². The van der Waals surface area contributed by atoms with Crippen LogP contribution in [0.5, 0.6) is 0 Å². The van der Waals surface area contributed by atoms with Gasteiger partial charge in [0.2, 0.25) is 0 Å². The van der Waals surface area contributed by atoms with Gasteiger partial charge < -0.3 is 5.73 Å². The maximum atomic E-state index is 13.4. The van der Waals surface area contributed by atoms with Gasteiger partial charge in [-0.3, -0.25) is 0 Å². The molecule has 1 aromatic rings. The van der Waals surface area contributed by atoms with Crippen LogP contribution < -0.4 is 5.73 Å². The first-order chi connectivity index (χ1) is 6.98. The highest BCUT2D eigenvalue weighted by Crippen LogP contribution is 2.63. The predicted molar refractivity (Wildman–Crippen MR) is 60.2 cm³/mol. The lowest BCUT2D eigenvalue weighted by atomic mass is 10.0. The SMILES string of the molecule is Cc1ccc([C@@H]2[C@@H](CN)C2(C)C)cc1F. The summed E-state index contributed by atoms with van der Waals surface area (Å²) in [4.78, 5) is 0. The first-order valence-corrected chi connectivity index (χ1v) is 5.44. The minimum atomic E-state index is -0.106. The summed E-state index contributed by atoms with van der Waals surface area (Å²) in [6, 6.07) is 5.55. The molecule has 1 saturated carbocycles. The van der Waals surface area contributed by atoms with Gasteiger partial charge in [-0.2, -0.15) is 0 Å². The molecule has 0 heterocycles. The second-order valence-electron chi connectivity index (χ2n) is 5.15. The first-order valence-electron chi connectivity index (χ1n) is 5.44. The number of benzene rings is 1. The predicted octanol–water partition coefficient (Wildman–Crippen LogP) is 2.83. The molecule has 1 aliphatic carbocycles. The Morgan fingerprint density at radius 1 is 1.40 bits per heavy atom. The van der Waals surface area contributed by atoms with E-state index in [9.17, 15) is 4.39 Å². The van der Waals surface area contributed by atoms with Crippen molar-refractivity contribution in [2.75, 3.05) is 6.54 Å². The summed E-state index contributed by atoms with van der Waals surface area (Å²) in [5.41, 5.74) is 7.75. The Morgan fingerprint density at radius 3 is 2.53 bits per heavy atom. The van der Waals surface area contributed by atoms with Crippen LogP contribution in [0, 0.1) is 24.1 Å². The molecule has 0 aliphatic heterocycles. The lowest BCUT2D eigenvalue weighted by molar-refractivity contribution is 0.558. The molecule has 1 aliphatic rings. The van der Waals surface area contributed by atoms with Gasteiger partial charge in [0.1, 0.15) is 5.82 Å². The average molecular weight is 207 g/mol. The highest BCUT2D eigenvalue weighted by atomic mass is 19.1. The number of rotatable bonds is 2. The molecular weight excluding hydrogens is 189 g/mol. The number of hydrogen-bond acceptors (Lipinski definition) is 1. The molecule has 0 spiro atoms. The van der Waals surface area contributed by atoms with Crippen LogP contribution in [0.2, 0.25) is 0 Å². The third-order valence-corrected chi connectivity index (χ3v) is 3.86. The van der Waals surface area contributed by atoms with Gasteiger partial charge in [-0.1, -0.05) is 26.0 Å². The molecule has 1 fully saturated rings. The molecule has 1 aromatic carbocycles. The molecule has 0 bridgehead atoms. The van der Waals surface area contributed by atoms with Gasteiger partial charge in [0.05, 0.1) is 0 Å². The lowest BCUT2D eigenvalue weighted by Crippen LogP contribution is -2.05. The standard InChI is InChI=1S/C13H18FN/c1-8-4-5-9(6-11(8)14)12-10(7-15)13(12,2)3/h4-6,10,12H,7,15H2,1-3H3/t10-,12-/m1/s1. The van der Waals surface area contributed by atoms with Gasteiger partial charge in [-0.25, -0.2) is 4.39 Å². The second kappa shape index (κ2) is 3.31. The van der Waals surface area contributed by atoms with Crippen LogP contribution in [0.1, 0.15) is 30.9 Å². The maximum Gasteiger partial charge on any atom is 0.126 e. The highest BCUT2D eigenvalue weighted by molar-refractivity contribution is 5.34. The Hall–Kier alpha value is -0.890. The summed E-state index contributed by atoms with van der Waals surface area (Å²) >= 11 is 0. The maximum absolute atomic E-state index is 13.4. The number of halogens is 1. The van der Waals surface area contributed by atoms with E-state index >= 15 is 0 Å². The van der Waals surface area contributed by atoms with Gasteiger partial charge in [-0.15, -0.1) is 0 Å². The van der Waals surface area contributed by atoms with E-state index in [-0.39, 0.29) is 11.2 Å². The van der Waals surface area contributed by atoms with E-state index in [2.05, 4.69) is 13.8 Å². The lowest BCUT2D eigenvalue weighted by Gasteiger charge is -2.04. The van der Waals surface area contributed by atoms with Crippen molar-refractivity contribution in [3.8, 4) is 0 Å². The third-order valence-electron chi connectivity index (χ3n) is 3.86. The molecule has 2 atom stereocenters. The van der Waals surface area contributed by atoms with Crippen LogP contribution >= 0.6 is 0 Å². The minimum absolute atomic E-state index is 0.106. The molecule has 0 saturated heterocycles. The van der Waals surface area contributed by atoms with Crippen LogP contribution in [0.25, 0.3) is 0 Å². The van der Waals surface area contributed by atoms with E-state index < -0.39 is 0 Å². The molecule has 0 amide bonds. The van der Waals surface area contributed by atoms with E-state index in [1.165, 1.54) is 0 Å². The zero-order valence-corrected chi connectivity index (χ0v) is 9.55. The number of nitrogens with two attached hydrogens (primary N) is 1. The fourth-order valence-electron chi connectivity index (χ4n) is 2.65. The van der Waals surface area contributed by atoms with E-state index in [1.807, 2.05) is 12.1 Å². The summed E-state index contributed by atoms with van der Waals surface area (Å²) in [5.74, 6) is 0.822. The van der Waals surface area contributed by atoms with Crippen molar-refractivity contribution in [3.63, 3.8) is 0 Å². The van der Waals surface area contributed by atoms with E-state index in [4.69, 9.17) is 5.73 Å². The molecule has 2 rings (SSSR count). The van der Waals surface area contributed by atoms with Crippen LogP contribution in [-0.2, 0) is 0 Å². The molecule has 1 nitrogen and oxygen atoms in total. The Labute approximate surface area is 90.5 Å². The van der Waals surface area contributed by atoms with Crippen molar-refractivity contribution >= 4 is 0 Å². The molecule has 0 radical (unpaired) electrons. The van der Waals surface area contributed by atoms with Crippen molar-refractivity contribution < 1.29 is 4.39 Å². The van der Waals surface area contributed by atoms with Gasteiger partial charge in [0.25, 0.3) is 0 Å². The summed E-state index contributed by atoms with van der Waals surface area (Å²) in [7, 11) is 0. The minimum Gasteiger partial charge on any atom is -0.330 e. The molecule has 2 N–H and O–H groups in total. The van der Waals surface area contributed by atoms with Gasteiger partial charge in [0, 0.05) is 0 Å². The van der Waals surface area contributed by atoms with E-state index in [0.29, 0.717) is 23.9 Å². The quantitative estimate of drug-likeness (QED) is 0.793. The van der Waals surface area contributed by atoms with Crippen molar-refractivity contribution in [2.24, 2.45) is 17.1 Å². The smallest absolute Gasteiger partial charge is 0.126 e. The molecular formula is C13H18FN. The van der Waals surface area contributed by atoms with E-state index in [1.54, 1.807) is 13.0 Å². The van der Waals surface area contributed by atoms with Gasteiger partial charge >= 0.3 is 0 Å². The zero-order chi connectivity index (χ0) is 11.2. The monoisotopic (exact) mass is 207 g/mol. The third kappa shape index (κ3) is 1.57. The van der Waals surface area contributed by atoms with Crippen LogP contribution in [-0.4, -0.2) is 6.54 Å². The first kappa shape index (κ1) is 10.6. The zero-order valence-electron chi connectivity index (χ0n) is 9.55. The number of hydrogen-bond donors (Lipinski definition) is 1. The molecule has 0 unspecified atom stereocenters. The van der Waals surface area contributed by atoms with E-state index in [0.717, 1.165) is 5.56 Å². The average Bonchev–Trinajstić information content (AvgIpc) is 2.73. The molecule has 82 valence electrons. The summed E-state index contributed by atoms with van der Waals surface area (Å²) in [5, 5.41) is 0. The van der Waals surface area contributed by atoms with Gasteiger partial charge in [0.15, 0.2) is 0 Å². The Balaban J connectivity index is 2.29. The fourth-order valence-corrected chi connectivity index (χ4v) is 2.65. The highest BCUT2D eigenvalue weighted by Gasteiger charge is 2.57. The van der Waals surface area contributed by atoms with Crippen LogP contribution in [0.4, 0.5) is 4.39 Å². The van der Waals surface area contributed by atoms with Crippen LogP contribution in [0.15, 0.2) is 18.2 Å². The Morgan fingerprint density at radius 2 is 2.07 bits per heavy atom. The van der Waals surface area contributed by atoms with Crippen molar-refractivity contribution in [3.05, 3.63) is 35.1 Å². The molecule has 0 aromatic heterocycles. The number of aryl methyl sites for hydroxylation is 1.